The molecule has 4 saturated heterocycles. The number of hydrogen-bond donors (Lipinski definition) is 1. The second-order valence-electron chi connectivity index (χ2n) is 8.15. The SMILES string of the molecule is C[C@@]12C[C@H](O)[C@]3(CCO[C@H]4[C@@H]3[C@@H]1C(=O)N4c1ccc(C#N)c(OC(F)(F)F)c1)O2. The summed E-state index contributed by atoms with van der Waals surface area (Å²) in [6, 6.07) is 5.25. The number of rotatable bonds is 2. The summed E-state index contributed by atoms with van der Waals surface area (Å²) in [6.07, 6.45) is -5.73. The van der Waals surface area contributed by atoms with Crippen LogP contribution in [0.15, 0.2) is 18.2 Å². The summed E-state index contributed by atoms with van der Waals surface area (Å²) in [4.78, 5) is 14.6. The number of nitrogens with zero attached hydrogens (tertiary/aromatic N) is 2. The van der Waals surface area contributed by atoms with Crippen LogP contribution in [0, 0.1) is 23.2 Å². The maximum absolute atomic E-state index is 13.3. The van der Waals surface area contributed by atoms with E-state index in [0.717, 1.165) is 6.07 Å². The smallest absolute Gasteiger partial charge is 0.404 e. The molecule has 0 aliphatic carbocycles. The number of carbonyl (C=O) groups excluding carboxylic acids is 1. The average molecular weight is 410 g/mol. The van der Waals surface area contributed by atoms with Crippen molar-refractivity contribution in [3.05, 3.63) is 23.8 Å². The summed E-state index contributed by atoms with van der Waals surface area (Å²) in [5.41, 5.74) is -1.92. The van der Waals surface area contributed by atoms with E-state index in [1.807, 2.05) is 0 Å². The van der Waals surface area contributed by atoms with Gasteiger partial charge in [-0.3, -0.25) is 9.69 Å². The van der Waals surface area contributed by atoms with Crippen LogP contribution in [-0.2, 0) is 14.3 Å². The number of aliphatic hydroxyl groups is 1. The van der Waals surface area contributed by atoms with Gasteiger partial charge < -0.3 is 19.3 Å². The van der Waals surface area contributed by atoms with Crippen LogP contribution >= 0.6 is 0 Å². The Kier molecular flexibility index (Phi) is 3.62. The van der Waals surface area contributed by atoms with Crippen LogP contribution in [0.2, 0.25) is 0 Å². The molecule has 10 heteroatoms. The van der Waals surface area contributed by atoms with Gasteiger partial charge in [-0.25, -0.2) is 0 Å². The van der Waals surface area contributed by atoms with Crippen LogP contribution in [-0.4, -0.2) is 47.5 Å². The molecule has 154 valence electrons. The van der Waals surface area contributed by atoms with Crippen LogP contribution in [0.3, 0.4) is 0 Å². The molecule has 6 atom stereocenters. The number of carbonyl (C=O) groups is 1. The second kappa shape index (κ2) is 5.62. The lowest BCUT2D eigenvalue weighted by atomic mass is 9.65. The Morgan fingerprint density at radius 1 is 1.41 bits per heavy atom. The lowest BCUT2D eigenvalue weighted by Crippen LogP contribution is -2.56. The van der Waals surface area contributed by atoms with Crippen molar-refractivity contribution in [2.24, 2.45) is 11.8 Å². The van der Waals surface area contributed by atoms with Gasteiger partial charge in [0.05, 0.1) is 41.4 Å². The van der Waals surface area contributed by atoms with Crippen molar-refractivity contribution in [3.8, 4) is 11.8 Å². The summed E-state index contributed by atoms with van der Waals surface area (Å²) in [5, 5.41) is 19.7. The first-order valence-corrected chi connectivity index (χ1v) is 9.22. The van der Waals surface area contributed by atoms with E-state index in [1.54, 1.807) is 13.0 Å². The Bertz CT molecular complexity index is 947. The van der Waals surface area contributed by atoms with Crippen molar-refractivity contribution in [3.63, 3.8) is 0 Å². The standard InChI is InChI=1S/C19H17F3N2O5/c1-17-7-12(25)18(29-17)4-5-27-16-14(18)13(17)15(26)24(16)10-3-2-9(8-23)11(6-10)28-19(20,21)22/h2-3,6,12-14,16,25H,4-5,7H2,1H3/t12-,13+,14-,16-,17+,18-/m0/s1. The van der Waals surface area contributed by atoms with E-state index >= 15 is 0 Å². The van der Waals surface area contributed by atoms with E-state index in [4.69, 9.17) is 14.7 Å². The van der Waals surface area contributed by atoms with Crippen molar-refractivity contribution < 1.29 is 37.3 Å². The molecular formula is C19H17F3N2O5. The molecule has 2 bridgehead atoms. The molecule has 0 unspecified atom stereocenters. The summed E-state index contributed by atoms with van der Waals surface area (Å²) in [6.45, 7) is 2.02. The van der Waals surface area contributed by atoms with Gasteiger partial charge in [0.2, 0.25) is 5.91 Å². The van der Waals surface area contributed by atoms with Crippen LogP contribution in [0.1, 0.15) is 25.3 Å². The molecule has 1 spiro atoms. The van der Waals surface area contributed by atoms with Crippen molar-refractivity contribution in [1.29, 1.82) is 5.26 Å². The minimum absolute atomic E-state index is 0.141. The van der Waals surface area contributed by atoms with Crippen LogP contribution < -0.4 is 9.64 Å². The molecule has 1 amide bonds. The van der Waals surface area contributed by atoms with Crippen molar-refractivity contribution in [1.82, 2.24) is 0 Å². The zero-order valence-electron chi connectivity index (χ0n) is 15.3. The van der Waals surface area contributed by atoms with Gasteiger partial charge in [-0.1, -0.05) is 0 Å². The lowest BCUT2D eigenvalue weighted by molar-refractivity contribution is -0.274. The number of alkyl halides is 3. The highest BCUT2D eigenvalue weighted by Gasteiger charge is 2.78. The maximum atomic E-state index is 13.3. The molecular weight excluding hydrogens is 393 g/mol. The number of aliphatic hydroxyl groups excluding tert-OH is 1. The molecule has 4 aliphatic rings. The number of halogens is 3. The highest BCUT2D eigenvalue weighted by Crippen LogP contribution is 2.65. The number of ether oxygens (including phenoxy) is 3. The van der Waals surface area contributed by atoms with Gasteiger partial charge in [0, 0.05) is 18.9 Å². The van der Waals surface area contributed by atoms with Gasteiger partial charge >= 0.3 is 6.36 Å². The Morgan fingerprint density at radius 2 is 2.17 bits per heavy atom. The van der Waals surface area contributed by atoms with Crippen LogP contribution in [0.5, 0.6) is 5.75 Å². The molecule has 1 N–H and O–H groups in total. The molecule has 5 rings (SSSR count). The first-order chi connectivity index (χ1) is 13.6. The Morgan fingerprint density at radius 3 is 2.86 bits per heavy atom. The molecule has 7 nitrogen and oxygen atoms in total. The third-order valence-electron chi connectivity index (χ3n) is 6.60. The minimum Gasteiger partial charge on any atom is -0.404 e. The van der Waals surface area contributed by atoms with E-state index in [9.17, 15) is 23.1 Å². The maximum Gasteiger partial charge on any atom is 0.573 e. The van der Waals surface area contributed by atoms with Gasteiger partial charge in [-0.15, -0.1) is 13.2 Å². The van der Waals surface area contributed by atoms with Gasteiger partial charge in [0.15, 0.2) is 0 Å². The van der Waals surface area contributed by atoms with Crippen LogP contribution in [0.25, 0.3) is 0 Å². The highest BCUT2D eigenvalue weighted by molar-refractivity contribution is 6.00. The molecule has 4 heterocycles. The lowest BCUT2D eigenvalue weighted by Gasteiger charge is -2.43. The van der Waals surface area contributed by atoms with Crippen molar-refractivity contribution in [2.75, 3.05) is 11.5 Å². The summed E-state index contributed by atoms with van der Waals surface area (Å²) < 4.78 is 54.3. The number of fused-ring (bicyclic) bond motifs is 2. The van der Waals surface area contributed by atoms with Gasteiger partial charge in [-0.2, -0.15) is 5.26 Å². The van der Waals surface area contributed by atoms with Crippen molar-refractivity contribution >= 4 is 11.6 Å². The fourth-order valence-corrected chi connectivity index (χ4v) is 5.64. The first kappa shape index (κ1) is 18.7. The Balaban J connectivity index is 1.58. The Hall–Kier alpha value is -2.35. The topological polar surface area (TPSA) is 92.0 Å². The van der Waals surface area contributed by atoms with E-state index in [-0.39, 0.29) is 23.8 Å². The zero-order valence-corrected chi connectivity index (χ0v) is 15.3. The number of hydrogen-bond acceptors (Lipinski definition) is 6. The normalized spacial score (nSPS) is 40.1. The molecule has 4 fully saturated rings. The number of benzene rings is 1. The van der Waals surface area contributed by atoms with E-state index < -0.39 is 47.5 Å². The highest BCUT2D eigenvalue weighted by atomic mass is 19.4. The van der Waals surface area contributed by atoms with E-state index in [2.05, 4.69) is 4.74 Å². The Labute approximate surface area is 163 Å². The predicted octanol–water partition coefficient (Wildman–Crippen LogP) is 2.07. The number of nitriles is 1. The van der Waals surface area contributed by atoms with Crippen molar-refractivity contribution in [2.45, 2.75) is 49.7 Å². The molecule has 1 aromatic carbocycles. The minimum atomic E-state index is -4.98. The zero-order chi connectivity index (χ0) is 20.8. The summed E-state index contributed by atoms with van der Waals surface area (Å²) in [7, 11) is 0. The van der Waals surface area contributed by atoms with Crippen LogP contribution in [0.4, 0.5) is 18.9 Å². The quantitative estimate of drug-likeness (QED) is 0.803. The molecule has 4 aliphatic heterocycles. The predicted molar refractivity (Wildman–Crippen MR) is 89.5 cm³/mol. The second-order valence-corrected chi connectivity index (χ2v) is 8.15. The van der Waals surface area contributed by atoms with Gasteiger partial charge in [0.1, 0.15) is 23.6 Å². The van der Waals surface area contributed by atoms with Gasteiger partial charge in [-0.05, 0) is 19.1 Å². The summed E-state index contributed by atoms with van der Waals surface area (Å²) in [5.74, 6) is -2.02. The molecule has 29 heavy (non-hydrogen) atoms. The molecule has 0 saturated carbocycles. The number of amides is 1. The average Bonchev–Trinajstić information content (AvgIpc) is 3.17. The third-order valence-corrected chi connectivity index (χ3v) is 6.60. The van der Waals surface area contributed by atoms with Gasteiger partial charge in [0.25, 0.3) is 0 Å². The third kappa shape index (κ3) is 2.38. The molecule has 0 radical (unpaired) electrons. The first-order valence-electron chi connectivity index (χ1n) is 9.22. The molecule has 1 aromatic rings. The largest absolute Gasteiger partial charge is 0.573 e. The monoisotopic (exact) mass is 410 g/mol. The summed E-state index contributed by atoms with van der Waals surface area (Å²) >= 11 is 0. The molecule has 0 aromatic heterocycles. The number of anilines is 1. The van der Waals surface area contributed by atoms with E-state index in [0.29, 0.717) is 12.8 Å². The van der Waals surface area contributed by atoms with E-state index in [1.165, 1.54) is 17.0 Å². The fourth-order valence-electron chi connectivity index (χ4n) is 5.64. The fraction of sp³-hybridized carbons (Fsp3) is 0.579.